The number of aliphatic hydroxyl groups excluding tert-OH is 1. The van der Waals surface area contributed by atoms with Crippen LogP contribution < -0.4 is 4.74 Å². The Kier molecular flexibility index (Phi) is 3.49. The van der Waals surface area contributed by atoms with Gasteiger partial charge in [0.1, 0.15) is 18.5 Å². The minimum atomic E-state index is -0.0231. The van der Waals surface area contributed by atoms with Crippen molar-refractivity contribution in [2.45, 2.75) is 19.3 Å². The largest absolute Gasteiger partial charge is 0.489 e. The number of epoxide rings is 1. The third kappa shape index (κ3) is 2.95. The van der Waals surface area contributed by atoms with Gasteiger partial charge in [-0.25, -0.2) is 0 Å². The first-order chi connectivity index (χ1) is 9.36. The van der Waals surface area contributed by atoms with Crippen LogP contribution in [0.15, 0.2) is 48.5 Å². The predicted molar refractivity (Wildman–Crippen MR) is 71.8 cm³/mol. The first-order valence-corrected chi connectivity index (χ1v) is 6.39. The number of ether oxygens (including phenoxy) is 2. The van der Waals surface area contributed by atoms with Crippen LogP contribution in [0.25, 0.3) is 0 Å². The van der Waals surface area contributed by atoms with Gasteiger partial charge in [-0.15, -0.1) is 0 Å². The number of benzene rings is 2. The van der Waals surface area contributed by atoms with E-state index >= 15 is 0 Å². The average molecular weight is 256 g/mol. The van der Waals surface area contributed by atoms with Crippen molar-refractivity contribution < 1.29 is 14.6 Å². The molecule has 0 bridgehead atoms. The normalized spacial score (nSPS) is 17.2. The Labute approximate surface area is 112 Å². The second-order valence-electron chi connectivity index (χ2n) is 4.62. The maximum Gasteiger partial charge on any atom is 0.125 e. The Bertz CT molecular complexity index is 547. The maximum atomic E-state index is 9.42. The van der Waals surface area contributed by atoms with Crippen LogP contribution in [0.4, 0.5) is 0 Å². The SMILES string of the molecule is OCc1cc([C@H]2CO2)ccc1OCc1ccccc1. The molecule has 19 heavy (non-hydrogen) atoms. The molecule has 1 aliphatic rings. The molecular formula is C16H16O3. The summed E-state index contributed by atoms with van der Waals surface area (Å²) < 4.78 is 11.0. The van der Waals surface area contributed by atoms with E-state index in [1.165, 1.54) is 0 Å². The highest BCUT2D eigenvalue weighted by Crippen LogP contribution is 2.33. The van der Waals surface area contributed by atoms with E-state index in [1.54, 1.807) is 0 Å². The van der Waals surface area contributed by atoms with Crippen molar-refractivity contribution >= 4 is 0 Å². The lowest BCUT2D eigenvalue weighted by molar-refractivity contribution is 0.258. The molecule has 0 unspecified atom stereocenters. The summed E-state index contributed by atoms with van der Waals surface area (Å²) in [6.45, 7) is 1.26. The molecule has 0 amide bonds. The quantitative estimate of drug-likeness (QED) is 0.836. The zero-order valence-corrected chi connectivity index (χ0v) is 10.6. The molecule has 1 fully saturated rings. The van der Waals surface area contributed by atoms with Gasteiger partial charge in [-0.2, -0.15) is 0 Å². The molecule has 3 nitrogen and oxygen atoms in total. The summed E-state index contributed by atoms with van der Waals surface area (Å²) >= 11 is 0. The van der Waals surface area contributed by atoms with Crippen LogP contribution in [0.5, 0.6) is 5.75 Å². The lowest BCUT2D eigenvalue weighted by Gasteiger charge is -2.11. The number of aliphatic hydroxyl groups is 1. The Morgan fingerprint density at radius 3 is 2.63 bits per heavy atom. The van der Waals surface area contributed by atoms with Gasteiger partial charge in [0.05, 0.1) is 13.2 Å². The molecule has 2 aromatic carbocycles. The van der Waals surface area contributed by atoms with Gasteiger partial charge in [-0.1, -0.05) is 36.4 Å². The Morgan fingerprint density at radius 2 is 1.95 bits per heavy atom. The van der Waals surface area contributed by atoms with E-state index in [4.69, 9.17) is 9.47 Å². The van der Waals surface area contributed by atoms with E-state index in [2.05, 4.69) is 0 Å². The van der Waals surface area contributed by atoms with Crippen LogP contribution in [0.2, 0.25) is 0 Å². The molecule has 2 aromatic rings. The van der Waals surface area contributed by atoms with Crippen molar-refractivity contribution in [3.63, 3.8) is 0 Å². The maximum absolute atomic E-state index is 9.42. The molecule has 0 spiro atoms. The fourth-order valence-electron chi connectivity index (χ4n) is 2.04. The van der Waals surface area contributed by atoms with Crippen LogP contribution in [-0.4, -0.2) is 11.7 Å². The van der Waals surface area contributed by atoms with E-state index < -0.39 is 0 Å². The second-order valence-corrected chi connectivity index (χ2v) is 4.62. The Hall–Kier alpha value is -1.84. The summed E-state index contributed by atoms with van der Waals surface area (Å²) in [4.78, 5) is 0. The first-order valence-electron chi connectivity index (χ1n) is 6.39. The van der Waals surface area contributed by atoms with Gasteiger partial charge < -0.3 is 14.6 Å². The highest BCUT2D eigenvalue weighted by atomic mass is 16.6. The number of rotatable bonds is 5. The van der Waals surface area contributed by atoms with E-state index in [0.29, 0.717) is 6.61 Å². The van der Waals surface area contributed by atoms with Gasteiger partial charge in [-0.05, 0) is 23.3 Å². The summed E-state index contributed by atoms with van der Waals surface area (Å²) in [5.41, 5.74) is 3.03. The molecule has 1 N–H and O–H groups in total. The number of hydrogen-bond donors (Lipinski definition) is 1. The van der Waals surface area contributed by atoms with Crippen LogP contribution in [-0.2, 0) is 18.0 Å². The van der Waals surface area contributed by atoms with Crippen molar-refractivity contribution in [2.75, 3.05) is 6.61 Å². The fourth-order valence-corrected chi connectivity index (χ4v) is 2.04. The molecule has 3 rings (SSSR count). The molecule has 0 aromatic heterocycles. The molecule has 1 saturated heterocycles. The molecule has 1 aliphatic heterocycles. The highest BCUT2D eigenvalue weighted by Gasteiger charge is 2.25. The van der Waals surface area contributed by atoms with Crippen LogP contribution in [0.3, 0.4) is 0 Å². The molecule has 3 heteroatoms. The third-order valence-corrected chi connectivity index (χ3v) is 3.20. The fraction of sp³-hybridized carbons (Fsp3) is 0.250. The molecule has 98 valence electrons. The van der Waals surface area contributed by atoms with Crippen molar-refractivity contribution in [1.82, 2.24) is 0 Å². The van der Waals surface area contributed by atoms with E-state index in [9.17, 15) is 5.11 Å². The second kappa shape index (κ2) is 5.43. The van der Waals surface area contributed by atoms with Crippen molar-refractivity contribution in [3.05, 3.63) is 65.2 Å². The monoisotopic (exact) mass is 256 g/mol. The van der Waals surface area contributed by atoms with Gasteiger partial charge in [0.15, 0.2) is 0 Å². The Balaban J connectivity index is 1.73. The molecule has 0 aliphatic carbocycles. The van der Waals surface area contributed by atoms with E-state index in [1.807, 2.05) is 48.5 Å². The first kappa shape index (κ1) is 12.2. The van der Waals surface area contributed by atoms with E-state index in [0.717, 1.165) is 29.0 Å². The van der Waals surface area contributed by atoms with Crippen molar-refractivity contribution in [2.24, 2.45) is 0 Å². The zero-order valence-electron chi connectivity index (χ0n) is 10.6. The van der Waals surface area contributed by atoms with Crippen LogP contribution in [0, 0.1) is 0 Å². The third-order valence-electron chi connectivity index (χ3n) is 3.20. The lowest BCUT2D eigenvalue weighted by atomic mass is 10.1. The zero-order chi connectivity index (χ0) is 13.1. The standard InChI is InChI=1S/C16H16O3/c17-9-14-8-13(16-11-19-16)6-7-15(14)18-10-12-4-2-1-3-5-12/h1-8,16-17H,9-11H2/t16-/m1/s1. The van der Waals surface area contributed by atoms with Gasteiger partial charge in [0.2, 0.25) is 0 Å². The topological polar surface area (TPSA) is 42.0 Å². The number of hydrogen-bond acceptors (Lipinski definition) is 3. The van der Waals surface area contributed by atoms with Crippen molar-refractivity contribution in [3.8, 4) is 5.75 Å². The van der Waals surface area contributed by atoms with Crippen molar-refractivity contribution in [1.29, 1.82) is 0 Å². The molecular weight excluding hydrogens is 240 g/mol. The molecule has 0 radical (unpaired) electrons. The lowest BCUT2D eigenvalue weighted by Crippen LogP contribution is -1.99. The minimum absolute atomic E-state index is 0.0231. The van der Waals surface area contributed by atoms with Gasteiger partial charge >= 0.3 is 0 Å². The summed E-state index contributed by atoms with van der Waals surface area (Å²) in [5, 5.41) is 9.42. The Morgan fingerprint density at radius 1 is 1.16 bits per heavy atom. The van der Waals surface area contributed by atoms with Crippen LogP contribution >= 0.6 is 0 Å². The van der Waals surface area contributed by atoms with Gasteiger partial charge in [0, 0.05) is 5.56 Å². The molecule has 1 heterocycles. The minimum Gasteiger partial charge on any atom is -0.489 e. The summed E-state index contributed by atoms with van der Waals surface area (Å²) in [7, 11) is 0. The smallest absolute Gasteiger partial charge is 0.125 e. The summed E-state index contributed by atoms with van der Waals surface area (Å²) in [5.74, 6) is 0.732. The van der Waals surface area contributed by atoms with Crippen LogP contribution in [0.1, 0.15) is 22.8 Å². The predicted octanol–water partition coefficient (Wildman–Crippen LogP) is 2.83. The average Bonchev–Trinajstić information content (AvgIpc) is 3.30. The summed E-state index contributed by atoms with van der Waals surface area (Å²) in [6, 6.07) is 15.8. The summed E-state index contributed by atoms with van der Waals surface area (Å²) in [6.07, 6.45) is 0.202. The van der Waals surface area contributed by atoms with Gasteiger partial charge in [0.25, 0.3) is 0 Å². The van der Waals surface area contributed by atoms with E-state index in [-0.39, 0.29) is 12.7 Å². The van der Waals surface area contributed by atoms with Gasteiger partial charge in [-0.3, -0.25) is 0 Å². The molecule has 1 atom stereocenters. The molecule has 0 saturated carbocycles. The highest BCUT2D eigenvalue weighted by molar-refractivity contribution is 5.38.